The molecule has 1 atom stereocenters. The lowest BCUT2D eigenvalue weighted by molar-refractivity contribution is 0.435. The van der Waals surface area contributed by atoms with Gasteiger partial charge < -0.3 is 9.73 Å². The molecule has 2 aromatic heterocycles. The number of hydrogen-bond acceptors (Lipinski definition) is 3. The molecule has 20 heavy (non-hydrogen) atoms. The van der Waals surface area contributed by atoms with E-state index in [0.717, 1.165) is 22.4 Å². The Kier molecular flexibility index (Phi) is 3.96. The standard InChI is InChI=1S/C16H16BrNOS/c1-3-10-7-8-14(19-10)15(18-2)12-9-20-16-11(12)5-4-6-13(16)17/h4-9,15,18H,3H2,1-2H3. The normalized spacial score (nSPS) is 12.9. The minimum Gasteiger partial charge on any atom is -0.464 e. The Bertz CT molecular complexity index is 731. The Morgan fingerprint density at radius 2 is 2.15 bits per heavy atom. The van der Waals surface area contributed by atoms with Gasteiger partial charge in [0.05, 0.1) is 6.04 Å². The average molecular weight is 350 g/mol. The van der Waals surface area contributed by atoms with E-state index in [2.05, 4.69) is 63.9 Å². The van der Waals surface area contributed by atoms with Crippen LogP contribution in [0.15, 0.2) is 44.6 Å². The van der Waals surface area contributed by atoms with Gasteiger partial charge in [-0.05, 0) is 57.5 Å². The maximum Gasteiger partial charge on any atom is 0.125 e. The number of benzene rings is 1. The van der Waals surface area contributed by atoms with Crippen LogP contribution in [0, 0.1) is 0 Å². The second-order valence-electron chi connectivity index (χ2n) is 4.69. The number of thiophene rings is 1. The molecule has 0 bridgehead atoms. The van der Waals surface area contributed by atoms with Crippen molar-refractivity contribution in [3.63, 3.8) is 0 Å². The largest absolute Gasteiger partial charge is 0.464 e. The summed E-state index contributed by atoms with van der Waals surface area (Å²) in [6.45, 7) is 2.11. The summed E-state index contributed by atoms with van der Waals surface area (Å²) in [5, 5.41) is 6.86. The highest BCUT2D eigenvalue weighted by atomic mass is 79.9. The van der Waals surface area contributed by atoms with Crippen molar-refractivity contribution in [2.75, 3.05) is 7.05 Å². The minimum atomic E-state index is 0.0957. The van der Waals surface area contributed by atoms with Crippen LogP contribution in [-0.4, -0.2) is 7.05 Å². The molecule has 0 aliphatic rings. The molecule has 0 amide bonds. The van der Waals surface area contributed by atoms with Gasteiger partial charge in [-0.15, -0.1) is 11.3 Å². The number of furan rings is 1. The molecular weight excluding hydrogens is 334 g/mol. The molecule has 0 saturated heterocycles. The molecule has 2 nitrogen and oxygen atoms in total. The summed E-state index contributed by atoms with van der Waals surface area (Å²) in [6.07, 6.45) is 0.923. The smallest absolute Gasteiger partial charge is 0.125 e. The summed E-state index contributed by atoms with van der Waals surface area (Å²) < 4.78 is 8.35. The van der Waals surface area contributed by atoms with Crippen LogP contribution in [0.2, 0.25) is 0 Å². The lowest BCUT2D eigenvalue weighted by Gasteiger charge is -2.13. The first-order valence-corrected chi connectivity index (χ1v) is 8.33. The predicted molar refractivity (Wildman–Crippen MR) is 88.5 cm³/mol. The van der Waals surface area contributed by atoms with Crippen LogP contribution in [0.3, 0.4) is 0 Å². The summed E-state index contributed by atoms with van der Waals surface area (Å²) in [5.74, 6) is 2.00. The number of aryl methyl sites for hydroxylation is 1. The van der Waals surface area contributed by atoms with Crippen molar-refractivity contribution in [1.29, 1.82) is 0 Å². The van der Waals surface area contributed by atoms with Gasteiger partial charge in [0.25, 0.3) is 0 Å². The Labute approximate surface area is 130 Å². The van der Waals surface area contributed by atoms with E-state index in [0.29, 0.717) is 0 Å². The van der Waals surface area contributed by atoms with Gasteiger partial charge in [0.2, 0.25) is 0 Å². The zero-order valence-electron chi connectivity index (χ0n) is 11.4. The van der Waals surface area contributed by atoms with E-state index in [4.69, 9.17) is 4.42 Å². The van der Waals surface area contributed by atoms with E-state index in [1.165, 1.54) is 15.6 Å². The Hall–Kier alpha value is -1.10. The highest BCUT2D eigenvalue weighted by Crippen LogP contribution is 2.37. The Morgan fingerprint density at radius 3 is 2.85 bits per heavy atom. The van der Waals surface area contributed by atoms with Crippen LogP contribution in [0.1, 0.15) is 30.0 Å². The summed E-state index contributed by atoms with van der Waals surface area (Å²) in [5.41, 5.74) is 1.27. The number of halogens is 1. The van der Waals surface area contributed by atoms with Gasteiger partial charge in [-0.25, -0.2) is 0 Å². The maximum atomic E-state index is 5.92. The Morgan fingerprint density at radius 1 is 1.30 bits per heavy atom. The molecular formula is C16H16BrNOS. The van der Waals surface area contributed by atoms with Gasteiger partial charge in [-0.2, -0.15) is 0 Å². The van der Waals surface area contributed by atoms with Gasteiger partial charge in [-0.3, -0.25) is 0 Å². The monoisotopic (exact) mass is 349 g/mol. The molecule has 0 radical (unpaired) electrons. The average Bonchev–Trinajstić information content (AvgIpc) is 3.08. The molecule has 1 aromatic carbocycles. The molecule has 104 valence electrons. The quantitative estimate of drug-likeness (QED) is 0.706. The molecule has 1 N–H and O–H groups in total. The molecule has 0 saturated carbocycles. The van der Waals surface area contributed by atoms with E-state index in [1.54, 1.807) is 11.3 Å². The lowest BCUT2D eigenvalue weighted by atomic mass is 10.0. The summed E-state index contributed by atoms with van der Waals surface area (Å²) in [4.78, 5) is 0. The van der Waals surface area contributed by atoms with E-state index in [-0.39, 0.29) is 6.04 Å². The van der Waals surface area contributed by atoms with E-state index in [9.17, 15) is 0 Å². The van der Waals surface area contributed by atoms with Gasteiger partial charge in [-0.1, -0.05) is 19.1 Å². The topological polar surface area (TPSA) is 25.2 Å². The van der Waals surface area contributed by atoms with Crippen molar-refractivity contribution in [1.82, 2.24) is 5.32 Å². The zero-order chi connectivity index (χ0) is 14.1. The minimum absolute atomic E-state index is 0.0957. The van der Waals surface area contributed by atoms with E-state index in [1.807, 2.05) is 7.05 Å². The number of fused-ring (bicyclic) bond motifs is 1. The summed E-state index contributed by atoms with van der Waals surface area (Å²) in [6, 6.07) is 10.6. The summed E-state index contributed by atoms with van der Waals surface area (Å²) in [7, 11) is 1.97. The molecule has 0 aliphatic heterocycles. The second-order valence-corrected chi connectivity index (χ2v) is 6.42. The number of nitrogens with one attached hydrogen (secondary N) is 1. The molecule has 0 spiro atoms. The van der Waals surface area contributed by atoms with E-state index >= 15 is 0 Å². The zero-order valence-corrected chi connectivity index (χ0v) is 13.8. The van der Waals surface area contributed by atoms with Crippen LogP contribution in [0.4, 0.5) is 0 Å². The SMILES string of the molecule is CCc1ccc(C(NC)c2csc3c(Br)cccc23)o1. The molecule has 0 aliphatic carbocycles. The molecule has 3 rings (SSSR count). The first-order valence-electron chi connectivity index (χ1n) is 6.66. The molecule has 4 heteroatoms. The molecule has 0 fully saturated rings. The second kappa shape index (κ2) is 5.72. The van der Waals surface area contributed by atoms with E-state index < -0.39 is 0 Å². The van der Waals surface area contributed by atoms with Crippen LogP contribution in [0.5, 0.6) is 0 Å². The maximum absolute atomic E-state index is 5.92. The van der Waals surface area contributed by atoms with Crippen LogP contribution in [0.25, 0.3) is 10.1 Å². The highest BCUT2D eigenvalue weighted by molar-refractivity contribution is 9.10. The van der Waals surface area contributed by atoms with Crippen molar-refractivity contribution in [2.24, 2.45) is 0 Å². The van der Waals surface area contributed by atoms with Crippen LogP contribution < -0.4 is 5.32 Å². The lowest BCUT2D eigenvalue weighted by Crippen LogP contribution is -2.16. The fourth-order valence-corrected chi connectivity index (χ4v) is 4.10. The predicted octanol–water partition coefficient (Wildman–Crippen LogP) is 5.13. The van der Waals surface area contributed by atoms with Crippen molar-refractivity contribution in [2.45, 2.75) is 19.4 Å². The van der Waals surface area contributed by atoms with Crippen LogP contribution in [-0.2, 0) is 6.42 Å². The highest BCUT2D eigenvalue weighted by Gasteiger charge is 2.20. The van der Waals surface area contributed by atoms with Gasteiger partial charge in [0.1, 0.15) is 11.5 Å². The first-order chi connectivity index (χ1) is 9.74. The third kappa shape index (κ3) is 2.32. The van der Waals surface area contributed by atoms with Crippen molar-refractivity contribution < 1.29 is 4.42 Å². The van der Waals surface area contributed by atoms with Crippen LogP contribution >= 0.6 is 27.3 Å². The third-order valence-electron chi connectivity index (χ3n) is 3.50. The number of hydrogen-bond donors (Lipinski definition) is 1. The molecule has 3 aromatic rings. The van der Waals surface area contributed by atoms with Crippen molar-refractivity contribution in [3.05, 3.63) is 57.3 Å². The molecule has 1 unspecified atom stereocenters. The van der Waals surface area contributed by atoms with Gasteiger partial charge in [0.15, 0.2) is 0 Å². The first kappa shape index (κ1) is 13.9. The Balaban J connectivity index is 2.09. The van der Waals surface area contributed by atoms with Gasteiger partial charge >= 0.3 is 0 Å². The van der Waals surface area contributed by atoms with Gasteiger partial charge in [0, 0.05) is 15.6 Å². The number of rotatable bonds is 4. The third-order valence-corrected chi connectivity index (χ3v) is 5.47. The summed E-state index contributed by atoms with van der Waals surface area (Å²) >= 11 is 5.38. The van der Waals surface area contributed by atoms with Crippen molar-refractivity contribution >= 4 is 37.4 Å². The fraction of sp³-hybridized carbons (Fsp3) is 0.250. The fourth-order valence-electron chi connectivity index (χ4n) is 2.46. The van der Waals surface area contributed by atoms with Crippen molar-refractivity contribution in [3.8, 4) is 0 Å². The molecule has 2 heterocycles.